The standard InChI is InChI=1S/C35H37NO5S/c1-25-24-30(11-16-34(25)41-26(2)35(37)38)40-21-17-33(29-9-12-31(13-10-29)42-32-14-15-32)28-7-5-27(6-8-28)4-3-18-36-19-22-39-23-20-36/h5-13,16-17,24,26,32H,14-15,18-23H2,1-2H3,(H,37,38). The number of ether oxygens (including phenoxy) is 3. The van der Waals surface area contributed by atoms with E-state index in [2.05, 4.69) is 71.3 Å². The first-order valence-electron chi connectivity index (χ1n) is 14.4. The molecule has 6 nitrogen and oxygen atoms in total. The summed E-state index contributed by atoms with van der Waals surface area (Å²) in [4.78, 5) is 14.8. The van der Waals surface area contributed by atoms with E-state index in [0.29, 0.717) is 18.1 Å². The normalized spacial score (nSPS) is 16.3. The number of carboxylic acid groups (broad SMARTS) is 1. The first kappa shape index (κ1) is 29.8. The molecule has 1 aliphatic heterocycles. The predicted octanol–water partition coefficient (Wildman–Crippen LogP) is 6.30. The Labute approximate surface area is 252 Å². The summed E-state index contributed by atoms with van der Waals surface area (Å²) in [6, 6.07) is 22.6. The molecule has 0 bridgehead atoms. The minimum Gasteiger partial charge on any atom is -0.489 e. The van der Waals surface area contributed by atoms with E-state index < -0.39 is 12.1 Å². The van der Waals surface area contributed by atoms with Crippen LogP contribution in [0.3, 0.4) is 0 Å². The third kappa shape index (κ3) is 8.65. The molecular weight excluding hydrogens is 546 g/mol. The molecule has 1 N–H and O–H groups in total. The second kappa shape index (κ2) is 14.5. The topological polar surface area (TPSA) is 68.2 Å². The third-order valence-electron chi connectivity index (χ3n) is 7.16. The Morgan fingerprint density at radius 1 is 1.07 bits per heavy atom. The number of nitrogens with zero attached hydrogens (tertiary/aromatic N) is 1. The number of aryl methyl sites for hydroxylation is 1. The highest BCUT2D eigenvalue weighted by molar-refractivity contribution is 8.00. The molecule has 1 aliphatic carbocycles. The van der Waals surface area contributed by atoms with Crippen LogP contribution in [0.25, 0.3) is 5.57 Å². The van der Waals surface area contributed by atoms with Gasteiger partial charge in [-0.1, -0.05) is 36.1 Å². The summed E-state index contributed by atoms with van der Waals surface area (Å²) in [6.07, 6.45) is 3.80. The van der Waals surface area contributed by atoms with Crippen LogP contribution >= 0.6 is 11.8 Å². The molecule has 0 spiro atoms. The summed E-state index contributed by atoms with van der Waals surface area (Å²) in [5.74, 6) is 6.83. The molecule has 1 atom stereocenters. The monoisotopic (exact) mass is 583 g/mol. The van der Waals surface area contributed by atoms with Crippen molar-refractivity contribution in [2.45, 2.75) is 42.9 Å². The number of rotatable bonds is 11. The molecule has 2 fully saturated rings. The summed E-state index contributed by atoms with van der Waals surface area (Å²) in [5.41, 5.74) is 5.14. The van der Waals surface area contributed by atoms with E-state index in [1.165, 1.54) is 24.7 Å². The van der Waals surface area contributed by atoms with Gasteiger partial charge in [-0.3, -0.25) is 4.90 Å². The fraction of sp³-hybridized carbons (Fsp3) is 0.343. The van der Waals surface area contributed by atoms with Crippen LogP contribution in [0.15, 0.2) is 77.7 Å². The van der Waals surface area contributed by atoms with Crippen LogP contribution in [0, 0.1) is 18.8 Å². The highest BCUT2D eigenvalue weighted by atomic mass is 32.2. The first-order chi connectivity index (χ1) is 20.4. The molecule has 3 aromatic rings. The second-order valence-corrected chi connectivity index (χ2v) is 11.9. The number of thioether (sulfide) groups is 1. The minimum atomic E-state index is -1.00. The molecule has 0 radical (unpaired) electrons. The van der Waals surface area contributed by atoms with E-state index in [4.69, 9.17) is 19.3 Å². The van der Waals surface area contributed by atoms with Crippen molar-refractivity contribution < 1.29 is 24.1 Å². The van der Waals surface area contributed by atoms with E-state index in [-0.39, 0.29) is 0 Å². The Hall–Kier alpha value is -3.70. The zero-order chi connectivity index (χ0) is 29.3. The van der Waals surface area contributed by atoms with Gasteiger partial charge in [-0.25, -0.2) is 4.79 Å². The molecular formula is C35H37NO5S. The van der Waals surface area contributed by atoms with Gasteiger partial charge < -0.3 is 19.3 Å². The Bertz CT molecular complexity index is 1450. The second-order valence-electron chi connectivity index (χ2n) is 10.6. The van der Waals surface area contributed by atoms with Gasteiger partial charge in [0.05, 0.1) is 19.8 Å². The van der Waals surface area contributed by atoms with Gasteiger partial charge in [0.2, 0.25) is 0 Å². The molecule has 0 aromatic heterocycles. The van der Waals surface area contributed by atoms with Crippen LogP contribution in [-0.2, 0) is 9.53 Å². The fourth-order valence-corrected chi connectivity index (χ4v) is 5.60. The lowest BCUT2D eigenvalue weighted by Gasteiger charge is -2.24. The van der Waals surface area contributed by atoms with Crippen LogP contribution in [0.5, 0.6) is 11.5 Å². The maximum atomic E-state index is 11.1. The SMILES string of the molecule is Cc1cc(OCC=C(c2ccc(C#CCN3CCOCC3)cc2)c2ccc(SC3CC3)cc2)ccc1OC(C)C(=O)O. The fourth-order valence-electron chi connectivity index (χ4n) is 4.55. The van der Waals surface area contributed by atoms with Crippen LogP contribution in [-0.4, -0.2) is 66.8 Å². The summed E-state index contributed by atoms with van der Waals surface area (Å²) < 4.78 is 17.1. The lowest BCUT2D eigenvalue weighted by molar-refractivity contribution is -0.144. The number of carbonyl (C=O) groups is 1. The van der Waals surface area contributed by atoms with E-state index in [1.54, 1.807) is 12.1 Å². The Morgan fingerprint density at radius 3 is 2.40 bits per heavy atom. The minimum absolute atomic E-state index is 0.375. The third-order valence-corrected chi connectivity index (χ3v) is 8.51. The molecule has 7 heteroatoms. The zero-order valence-electron chi connectivity index (χ0n) is 24.2. The summed E-state index contributed by atoms with van der Waals surface area (Å²) in [6.45, 7) is 7.95. The molecule has 218 valence electrons. The highest BCUT2D eigenvalue weighted by Gasteiger charge is 2.22. The molecule has 1 saturated heterocycles. The number of aliphatic carboxylic acids is 1. The van der Waals surface area contributed by atoms with Gasteiger partial charge in [-0.2, -0.15) is 0 Å². The zero-order valence-corrected chi connectivity index (χ0v) is 25.0. The van der Waals surface area contributed by atoms with Crippen LogP contribution in [0.1, 0.15) is 42.0 Å². The van der Waals surface area contributed by atoms with Gasteiger partial charge in [0.1, 0.15) is 18.1 Å². The Morgan fingerprint density at radius 2 is 1.76 bits per heavy atom. The van der Waals surface area contributed by atoms with Crippen molar-refractivity contribution in [1.82, 2.24) is 4.90 Å². The average Bonchev–Trinajstić information content (AvgIpc) is 3.82. The van der Waals surface area contributed by atoms with Crippen molar-refractivity contribution in [3.05, 3.63) is 95.1 Å². The van der Waals surface area contributed by atoms with Crippen LogP contribution in [0.4, 0.5) is 0 Å². The smallest absolute Gasteiger partial charge is 0.344 e. The molecule has 5 rings (SSSR count). The Kier molecular flexibility index (Phi) is 10.3. The first-order valence-corrected chi connectivity index (χ1v) is 15.3. The maximum Gasteiger partial charge on any atom is 0.344 e. The quantitative estimate of drug-likeness (QED) is 0.266. The van der Waals surface area contributed by atoms with Gasteiger partial charge in [0.15, 0.2) is 6.10 Å². The van der Waals surface area contributed by atoms with Gasteiger partial charge in [0, 0.05) is 28.8 Å². The largest absolute Gasteiger partial charge is 0.489 e. The number of hydrogen-bond donors (Lipinski definition) is 1. The lowest BCUT2D eigenvalue weighted by Crippen LogP contribution is -2.36. The van der Waals surface area contributed by atoms with E-state index in [0.717, 1.165) is 65.9 Å². The average molecular weight is 584 g/mol. The van der Waals surface area contributed by atoms with Gasteiger partial charge in [-0.15, -0.1) is 11.8 Å². The molecule has 1 heterocycles. The van der Waals surface area contributed by atoms with Crippen LogP contribution in [0.2, 0.25) is 0 Å². The van der Waals surface area contributed by atoms with Crippen molar-refractivity contribution >= 4 is 23.3 Å². The summed E-state index contributed by atoms with van der Waals surface area (Å²) in [5, 5.41) is 9.90. The highest BCUT2D eigenvalue weighted by Crippen LogP contribution is 2.39. The van der Waals surface area contributed by atoms with Gasteiger partial charge in [0.25, 0.3) is 0 Å². The number of hydrogen-bond acceptors (Lipinski definition) is 6. The molecule has 42 heavy (non-hydrogen) atoms. The van der Waals surface area contributed by atoms with Gasteiger partial charge in [-0.05, 0) is 97.5 Å². The van der Waals surface area contributed by atoms with Crippen LogP contribution < -0.4 is 9.47 Å². The summed E-state index contributed by atoms with van der Waals surface area (Å²) in [7, 11) is 0. The van der Waals surface area contributed by atoms with Crippen molar-refractivity contribution in [3.63, 3.8) is 0 Å². The Balaban J connectivity index is 1.30. The van der Waals surface area contributed by atoms with Crippen molar-refractivity contribution in [1.29, 1.82) is 0 Å². The summed E-state index contributed by atoms with van der Waals surface area (Å²) >= 11 is 1.96. The predicted molar refractivity (Wildman–Crippen MR) is 167 cm³/mol. The van der Waals surface area contributed by atoms with Crippen molar-refractivity contribution in [3.8, 4) is 23.3 Å². The number of carboxylic acids is 1. The molecule has 0 amide bonds. The lowest BCUT2D eigenvalue weighted by atomic mass is 9.97. The van der Waals surface area contributed by atoms with Crippen molar-refractivity contribution in [2.24, 2.45) is 0 Å². The number of benzene rings is 3. The van der Waals surface area contributed by atoms with E-state index >= 15 is 0 Å². The van der Waals surface area contributed by atoms with Gasteiger partial charge >= 0.3 is 5.97 Å². The molecule has 3 aromatic carbocycles. The molecule has 1 unspecified atom stereocenters. The molecule has 2 aliphatic rings. The maximum absolute atomic E-state index is 11.1. The van der Waals surface area contributed by atoms with E-state index in [1.807, 2.05) is 24.8 Å². The molecule has 1 saturated carbocycles. The number of morpholine rings is 1. The van der Waals surface area contributed by atoms with E-state index in [9.17, 15) is 4.79 Å². The van der Waals surface area contributed by atoms with Crippen molar-refractivity contribution in [2.75, 3.05) is 39.5 Å².